The first-order valence-electron chi connectivity index (χ1n) is 10.4. The zero-order chi connectivity index (χ0) is 25.4. The van der Waals surface area contributed by atoms with Crippen LogP contribution in [-0.4, -0.2) is 40.3 Å². The number of methoxy groups -OCH3 is 1. The molecule has 3 aromatic carbocycles. The van der Waals surface area contributed by atoms with E-state index in [9.17, 15) is 17.6 Å². The van der Waals surface area contributed by atoms with Crippen LogP contribution in [0, 0.1) is 5.82 Å². The van der Waals surface area contributed by atoms with Crippen LogP contribution in [0.2, 0.25) is 10.0 Å². The number of rotatable bonds is 11. The molecule has 0 unspecified atom stereocenters. The number of anilines is 1. The number of hydrogen-bond donors (Lipinski definition) is 1. The lowest BCUT2D eigenvalue weighted by Gasteiger charge is -2.24. The molecule has 3 rings (SSSR count). The quantitative estimate of drug-likeness (QED) is 0.320. The molecule has 0 spiro atoms. The van der Waals surface area contributed by atoms with Gasteiger partial charge in [0.2, 0.25) is 5.91 Å². The zero-order valence-electron chi connectivity index (χ0n) is 18.7. The Bertz CT molecular complexity index is 1240. The van der Waals surface area contributed by atoms with Gasteiger partial charge in [0.1, 0.15) is 18.1 Å². The molecule has 0 saturated carbocycles. The lowest BCUT2D eigenvalue weighted by atomic mass is 10.2. The maximum absolute atomic E-state index is 13.9. The average molecular weight is 557 g/mol. The van der Waals surface area contributed by atoms with E-state index < -0.39 is 22.5 Å². The maximum atomic E-state index is 13.9. The van der Waals surface area contributed by atoms with Gasteiger partial charge in [-0.1, -0.05) is 29.3 Å². The van der Waals surface area contributed by atoms with Crippen LogP contribution in [0.15, 0.2) is 71.6 Å². The van der Waals surface area contributed by atoms with Gasteiger partial charge in [-0.15, -0.1) is 0 Å². The molecule has 0 saturated heterocycles. The van der Waals surface area contributed by atoms with Crippen LogP contribution in [0.4, 0.5) is 10.1 Å². The van der Waals surface area contributed by atoms with E-state index in [0.29, 0.717) is 38.6 Å². The molecule has 0 aliphatic heterocycles. The molecular formula is C24H23Cl2FN2O4S2. The molecule has 0 bridgehead atoms. The van der Waals surface area contributed by atoms with Crippen molar-refractivity contribution >= 4 is 56.6 Å². The van der Waals surface area contributed by atoms with Crippen molar-refractivity contribution in [3.05, 3.63) is 88.2 Å². The van der Waals surface area contributed by atoms with Gasteiger partial charge in [-0.2, -0.15) is 11.8 Å². The lowest BCUT2D eigenvalue weighted by molar-refractivity contribution is -0.119. The first-order chi connectivity index (χ1) is 16.7. The Labute approximate surface area is 218 Å². The van der Waals surface area contributed by atoms with Crippen molar-refractivity contribution in [3.8, 4) is 5.75 Å². The van der Waals surface area contributed by atoms with Crippen LogP contribution in [0.5, 0.6) is 5.75 Å². The Balaban J connectivity index is 1.66. The SMILES string of the molecule is COc1ccc(S(=O)(=O)N(CC(=O)NCCSCc2c(F)cccc2Cl)c2ccc(Cl)cc2)cc1. The third-order valence-corrected chi connectivity index (χ3v) is 8.31. The highest BCUT2D eigenvalue weighted by molar-refractivity contribution is 7.98. The average Bonchev–Trinajstić information content (AvgIpc) is 2.84. The van der Waals surface area contributed by atoms with Crippen LogP contribution >= 0.6 is 35.0 Å². The third-order valence-electron chi connectivity index (χ3n) is 4.93. The van der Waals surface area contributed by atoms with E-state index in [0.717, 1.165) is 4.31 Å². The van der Waals surface area contributed by atoms with Crippen molar-refractivity contribution in [1.29, 1.82) is 0 Å². The van der Waals surface area contributed by atoms with Gasteiger partial charge < -0.3 is 10.1 Å². The van der Waals surface area contributed by atoms with Gasteiger partial charge in [0, 0.05) is 33.7 Å². The van der Waals surface area contributed by atoms with Crippen molar-refractivity contribution in [3.63, 3.8) is 0 Å². The predicted molar refractivity (Wildman–Crippen MR) is 140 cm³/mol. The summed E-state index contributed by atoms with van der Waals surface area (Å²) in [4.78, 5) is 12.7. The number of halogens is 3. The molecule has 35 heavy (non-hydrogen) atoms. The van der Waals surface area contributed by atoms with Crippen molar-refractivity contribution in [2.24, 2.45) is 0 Å². The van der Waals surface area contributed by atoms with Crippen LogP contribution in [0.3, 0.4) is 0 Å². The molecule has 1 amide bonds. The summed E-state index contributed by atoms with van der Waals surface area (Å²) in [7, 11) is -2.57. The smallest absolute Gasteiger partial charge is 0.264 e. The van der Waals surface area contributed by atoms with Crippen LogP contribution in [0.25, 0.3) is 0 Å². The van der Waals surface area contributed by atoms with Crippen molar-refractivity contribution in [2.45, 2.75) is 10.6 Å². The molecule has 0 aromatic heterocycles. The summed E-state index contributed by atoms with van der Waals surface area (Å²) >= 11 is 13.4. The fourth-order valence-corrected chi connectivity index (χ4v) is 5.84. The summed E-state index contributed by atoms with van der Waals surface area (Å²) in [5, 5.41) is 3.50. The second kappa shape index (κ2) is 12.5. The molecule has 3 aromatic rings. The number of sulfonamides is 1. The molecule has 0 aliphatic carbocycles. The second-order valence-electron chi connectivity index (χ2n) is 7.27. The number of amides is 1. The van der Waals surface area contributed by atoms with Crippen LogP contribution in [0.1, 0.15) is 5.56 Å². The molecule has 0 atom stereocenters. The fraction of sp³-hybridized carbons (Fsp3) is 0.208. The van der Waals surface area contributed by atoms with Crippen molar-refractivity contribution < 1.29 is 22.3 Å². The van der Waals surface area contributed by atoms with Crippen molar-refractivity contribution in [1.82, 2.24) is 5.32 Å². The Hall–Kier alpha value is -2.46. The van der Waals surface area contributed by atoms with Gasteiger partial charge >= 0.3 is 0 Å². The molecule has 0 fully saturated rings. The molecule has 186 valence electrons. The standard InChI is InChI=1S/C24H23Cl2FN2O4S2/c1-33-19-9-11-20(12-10-19)35(31,32)29(18-7-5-17(25)6-8-18)15-24(30)28-13-14-34-16-21-22(26)3-2-4-23(21)27/h2-12H,13-16H2,1H3,(H,28,30). The predicted octanol–water partition coefficient (Wildman–Crippen LogP) is 5.39. The van der Waals surface area contributed by atoms with Gasteiger partial charge in [0.15, 0.2) is 0 Å². The molecule has 1 N–H and O–H groups in total. The van der Waals surface area contributed by atoms with E-state index in [2.05, 4.69) is 5.32 Å². The highest BCUT2D eigenvalue weighted by Crippen LogP contribution is 2.27. The minimum absolute atomic E-state index is 0.0124. The number of benzene rings is 3. The summed E-state index contributed by atoms with van der Waals surface area (Å²) in [5.74, 6) is 0.485. The highest BCUT2D eigenvalue weighted by atomic mass is 35.5. The Kier molecular flexibility index (Phi) is 9.68. The number of hydrogen-bond acceptors (Lipinski definition) is 5. The van der Waals surface area contributed by atoms with Crippen LogP contribution in [-0.2, 0) is 20.6 Å². The number of carbonyl (C=O) groups excluding carboxylic acids is 1. The minimum atomic E-state index is -4.06. The van der Waals surface area contributed by atoms with E-state index in [1.807, 2.05) is 0 Å². The van der Waals surface area contributed by atoms with Crippen molar-refractivity contribution in [2.75, 3.05) is 30.3 Å². The Morgan fingerprint density at radius 3 is 2.37 bits per heavy atom. The minimum Gasteiger partial charge on any atom is -0.497 e. The topological polar surface area (TPSA) is 75.7 Å². The maximum Gasteiger partial charge on any atom is 0.264 e. The van der Waals surface area contributed by atoms with E-state index in [1.54, 1.807) is 24.3 Å². The Morgan fingerprint density at radius 2 is 1.74 bits per heavy atom. The summed E-state index contributed by atoms with van der Waals surface area (Å²) in [5.41, 5.74) is 0.703. The monoisotopic (exact) mass is 556 g/mol. The summed E-state index contributed by atoms with van der Waals surface area (Å²) in [6.45, 7) is -0.160. The largest absolute Gasteiger partial charge is 0.497 e. The summed E-state index contributed by atoms with van der Waals surface area (Å²) in [6.07, 6.45) is 0. The number of carbonyl (C=O) groups is 1. The van der Waals surface area contributed by atoms with E-state index in [4.69, 9.17) is 27.9 Å². The molecular weight excluding hydrogens is 534 g/mol. The molecule has 11 heteroatoms. The Morgan fingerprint density at radius 1 is 1.06 bits per heavy atom. The number of nitrogens with one attached hydrogen (secondary N) is 1. The first-order valence-corrected chi connectivity index (χ1v) is 13.8. The van der Waals surface area contributed by atoms with E-state index in [-0.39, 0.29) is 17.3 Å². The molecule has 0 heterocycles. The van der Waals surface area contributed by atoms with E-state index >= 15 is 0 Å². The summed E-state index contributed by atoms with van der Waals surface area (Å²) in [6, 6.07) is 16.6. The number of thioether (sulfide) groups is 1. The fourth-order valence-electron chi connectivity index (χ4n) is 3.09. The molecule has 6 nitrogen and oxygen atoms in total. The zero-order valence-corrected chi connectivity index (χ0v) is 21.9. The van der Waals surface area contributed by atoms with Gasteiger partial charge in [0.05, 0.1) is 17.7 Å². The van der Waals surface area contributed by atoms with Gasteiger partial charge in [-0.25, -0.2) is 12.8 Å². The third kappa shape index (κ3) is 7.27. The molecule has 0 radical (unpaired) electrons. The van der Waals surface area contributed by atoms with E-state index in [1.165, 1.54) is 61.3 Å². The second-order valence-corrected chi connectivity index (χ2v) is 11.1. The first kappa shape index (κ1) is 27.1. The highest BCUT2D eigenvalue weighted by Gasteiger charge is 2.27. The lowest BCUT2D eigenvalue weighted by Crippen LogP contribution is -2.41. The molecule has 0 aliphatic rings. The number of nitrogens with zero attached hydrogens (tertiary/aromatic N) is 1. The summed E-state index contributed by atoms with van der Waals surface area (Å²) < 4.78 is 46.7. The van der Waals surface area contributed by atoms with Gasteiger partial charge in [-0.3, -0.25) is 9.10 Å². The normalized spacial score (nSPS) is 11.2. The van der Waals surface area contributed by atoms with Gasteiger partial charge in [-0.05, 0) is 60.7 Å². The van der Waals surface area contributed by atoms with Gasteiger partial charge in [0.25, 0.3) is 10.0 Å². The number of ether oxygens (including phenoxy) is 1. The van der Waals surface area contributed by atoms with Crippen LogP contribution < -0.4 is 14.4 Å².